The first-order chi connectivity index (χ1) is 13.6. The maximum atomic E-state index is 14.9. The zero-order valence-corrected chi connectivity index (χ0v) is 17.2. The van der Waals surface area contributed by atoms with Gasteiger partial charge in [-0.15, -0.1) is 12.3 Å². The third-order valence-electron chi connectivity index (χ3n) is 4.54. The molecule has 1 aromatic rings. The fourth-order valence-electron chi connectivity index (χ4n) is 2.67. The van der Waals surface area contributed by atoms with Crippen LogP contribution < -0.4 is 4.90 Å². The van der Waals surface area contributed by atoms with E-state index in [0.717, 1.165) is 12.1 Å². The Labute approximate surface area is 169 Å². The second-order valence-electron chi connectivity index (χ2n) is 7.31. The average molecular weight is 463 g/mol. The smallest absolute Gasteiger partial charge is 0.309 e. The lowest BCUT2D eigenvalue weighted by Gasteiger charge is -2.36. The quantitative estimate of drug-likeness (QED) is 0.335. The molecule has 0 aliphatic carbocycles. The van der Waals surface area contributed by atoms with Crippen LogP contribution in [0.15, 0.2) is 42.6 Å². The molecule has 0 aliphatic heterocycles. The van der Waals surface area contributed by atoms with Crippen molar-refractivity contribution in [2.24, 2.45) is 0 Å². The molecule has 0 N–H and O–H groups in total. The van der Waals surface area contributed by atoms with Gasteiger partial charge < -0.3 is 4.90 Å². The Hall–Kier alpha value is -1.95. The van der Waals surface area contributed by atoms with Gasteiger partial charge in [0, 0.05) is 12.2 Å². The minimum Gasteiger partial charge on any atom is -0.309 e. The number of carbonyl (C=O) groups excluding carboxylic acids is 1. The number of benzene rings is 1. The number of halogens is 8. The Morgan fingerprint density at radius 1 is 1.13 bits per heavy atom. The van der Waals surface area contributed by atoms with Gasteiger partial charge in [-0.25, -0.2) is 4.39 Å². The molecular formula is C18H21F8NO2Si. The van der Waals surface area contributed by atoms with E-state index in [1.54, 1.807) is 5.70 Å². The van der Waals surface area contributed by atoms with Crippen molar-refractivity contribution in [2.45, 2.75) is 49.7 Å². The Morgan fingerprint density at radius 2 is 1.67 bits per heavy atom. The van der Waals surface area contributed by atoms with Crippen molar-refractivity contribution in [3.05, 3.63) is 42.6 Å². The molecule has 0 radical (unpaired) electrons. The van der Waals surface area contributed by atoms with E-state index in [4.69, 9.17) is 0 Å². The summed E-state index contributed by atoms with van der Waals surface area (Å²) in [4.78, 5) is 15.1. The van der Waals surface area contributed by atoms with Gasteiger partial charge in [-0.1, -0.05) is 37.3 Å². The number of rotatable bonds is 9. The fraction of sp³-hybridized carbons (Fsp3) is 0.500. The molecule has 0 heterocycles. The maximum Gasteiger partial charge on any atom is 0.434 e. The van der Waals surface area contributed by atoms with Gasteiger partial charge in [-0.05, 0) is 23.1 Å². The predicted molar refractivity (Wildman–Crippen MR) is 97.8 cm³/mol. The molecule has 1 amide bonds. The largest absolute Gasteiger partial charge is 0.434 e. The van der Waals surface area contributed by atoms with Gasteiger partial charge in [0.05, 0.1) is 8.07 Å². The molecule has 0 fully saturated rings. The number of amides is 1. The minimum atomic E-state index is -6.40. The van der Waals surface area contributed by atoms with Crippen LogP contribution in [0.1, 0.15) is 6.42 Å². The van der Waals surface area contributed by atoms with Crippen LogP contribution in [0.25, 0.3) is 0 Å². The predicted octanol–water partition coefficient (Wildman–Crippen LogP) is 5.95. The van der Waals surface area contributed by atoms with E-state index in [2.05, 4.69) is 11.5 Å². The molecule has 0 aromatic heterocycles. The highest BCUT2D eigenvalue weighted by Gasteiger charge is 2.75. The van der Waals surface area contributed by atoms with E-state index in [1.165, 1.54) is 18.2 Å². The Morgan fingerprint density at radius 3 is 2.07 bits per heavy atom. The average Bonchev–Trinajstić information content (AvgIpc) is 2.63. The number of anilines is 1. The summed E-state index contributed by atoms with van der Waals surface area (Å²) in [5.41, 5.74) is -4.28. The molecule has 12 heteroatoms. The van der Waals surface area contributed by atoms with E-state index in [1.807, 2.05) is 13.1 Å². The third-order valence-corrected chi connectivity index (χ3v) is 7.29. The summed E-state index contributed by atoms with van der Waals surface area (Å²) in [7, 11) is -1.98. The highest BCUT2D eigenvalue weighted by Crippen LogP contribution is 2.46. The summed E-state index contributed by atoms with van der Waals surface area (Å²) in [5, 5.41) is 0. The summed E-state index contributed by atoms with van der Waals surface area (Å²) < 4.78 is 106. The first-order valence-corrected chi connectivity index (χ1v) is 12.0. The fourth-order valence-corrected chi connectivity index (χ4v) is 3.94. The summed E-state index contributed by atoms with van der Waals surface area (Å²) >= 11 is 0. The van der Waals surface area contributed by atoms with Gasteiger partial charge >= 0.3 is 18.0 Å². The summed E-state index contributed by atoms with van der Waals surface area (Å²) in [6.45, 7) is 6.87. The second kappa shape index (κ2) is 9.46. The van der Waals surface area contributed by atoms with Crippen LogP contribution in [0.2, 0.25) is 19.1 Å². The van der Waals surface area contributed by atoms with Gasteiger partial charge in [0.1, 0.15) is 0 Å². The van der Waals surface area contributed by atoms with Crippen LogP contribution in [-0.2, 0) is 9.74 Å². The molecule has 30 heavy (non-hydrogen) atoms. The molecule has 0 saturated carbocycles. The molecule has 0 spiro atoms. The molecule has 0 saturated heterocycles. The van der Waals surface area contributed by atoms with Crippen LogP contribution in [0.3, 0.4) is 0 Å². The molecular weight excluding hydrogens is 442 g/mol. The summed E-state index contributed by atoms with van der Waals surface area (Å²) in [6.07, 6.45) is -17.2. The Kier molecular flexibility index (Phi) is 8.22. The molecule has 0 bridgehead atoms. The molecule has 2 atom stereocenters. The van der Waals surface area contributed by atoms with E-state index < -0.39 is 44.7 Å². The first-order valence-electron chi connectivity index (χ1n) is 8.72. The molecule has 170 valence electrons. The van der Waals surface area contributed by atoms with Crippen LogP contribution >= 0.6 is 0 Å². The highest BCUT2D eigenvalue weighted by atomic mass is 28.3. The van der Waals surface area contributed by atoms with E-state index >= 15 is 0 Å². The van der Waals surface area contributed by atoms with Crippen LogP contribution in [0.4, 0.5) is 40.9 Å². The van der Waals surface area contributed by atoms with Crippen LogP contribution in [0.5, 0.6) is 0 Å². The van der Waals surface area contributed by atoms with E-state index in [9.17, 15) is 40.1 Å². The summed E-state index contributed by atoms with van der Waals surface area (Å²) in [6, 6.07) is 6.72. The molecule has 1 rings (SSSR count). The van der Waals surface area contributed by atoms with Crippen molar-refractivity contribution in [3.8, 4) is 0 Å². The molecule has 2 unspecified atom stereocenters. The van der Waals surface area contributed by atoms with Gasteiger partial charge in [0.25, 0.3) is 5.91 Å². The minimum absolute atomic E-state index is 0.0625. The van der Waals surface area contributed by atoms with Gasteiger partial charge in [-0.2, -0.15) is 31.3 Å². The molecule has 0 aliphatic rings. The number of hydrogen-bond donors (Lipinski definition) is 0. The lowest BCUT2D eigenvalue weighted by Crippen LogP contribution is -2.66. The lowest BCUT2D eigenvalue weighted by atomic mass is 9.94. The normalized spacial score (nSPS) is 15.9. The number of para-hydroxylation sites is 1. The number of carbonyl (C=O) groups is 1. The second-order valence-corrected chi connectivity index (χ2v) is 12.2. The van der Waals surface area contributed by atoms with Crippen molar-refractivity contribution in [2.75, 3.05) is 11.4 Å². The molecule has 1 aromatic carbocycles. The van der Waals surface area contributed by atoms with Crippen molar-refractivity contribution in [1.29, 1.82) is 0 Å². The Bertz CT molecular complexity index is 723. The monoisotopic (exact) mass is 463 g/mol. The van der Waals surface area contributed by atoms with Crippen molar-refractivity contribution >= 4 is 19.7 Å². The number of alkyl halides is 7. The SMILES string of the molecule is C=C[Si](C)(C)CCCN(C(=O)C(F)(C(OF)C(F)(F)F)C(F)(F)F)c1ccccc1. The lowest BCUT2D eigenvalue weighted by molar-refractivity contribution is -0.362. The van der Waals surface area contributed by atoms with Crippen molar-refractivity contribution in [1.82, 2.24) is 0 Å². The standard InChI is InChI=1S/C18H21F8NO2Si/c1-4-30(2,3)12-8-11-27(13-9-6-5-7-10-13)15(28)16(19,18(23,24)25)14(29-26)17(20,21)22/h4-7,9-10,14H,1,8,11-12H2,2-3H3. The van der Waals surface area contributed by atoms with Gasteiger partial charge in [0.2, 0.25) is 6.10 Å². The topological polar surface area (TPSA) is 29.5 Å². The maximum absolute atomic E-state index is 14.9. The van der Waals surface area contributed by atoms with Crippen LogP contribution in [0, 0.1) is 0 Å². The van der Waals surface area contributed by atoms with Gasteiger partial charge in [0.15, 0.2) is 0 Å². The zero-order valence-electron chi connectivity index (χ0n) is 16.2. The van der Waals surface area contributed by atoms with Gasteiger partial charge in [-0.3, -0.25) is 4.79 Å². The number of hydrogen-bond acceptors (Lipinski definition) is 2. The van der Waals surface area contributed by atoms with Crippen molar-refractivity contribution in [3.63, 3.8) is 0 Å². The zero-order chi connectivity index (χ0) is 23.4. The van der Waals surface area contributed by atoms with E-state index in [-0.39, 0.29) is 17.0 Å². The summed E-state index contributed by atoms with van der Waals surface area (Å²) in [5.74, 6) is -2.61. The van der Waals surface area contributed by atoms with Crippen LogP contribution in [-0.4, -0.2) is 44.7 Å². The number of nitrogens with zero attached hydrogens (tertiary/aromatic N) is 1. The molecule has 3 nitrogen and oxygen atoms in total. The third kappa shape index (κ3) is 5.81. The van der Waals surface area contributed by atoms with Crippen molar-refractivity contribution < 1.29 is 45.0 Å². The first kappa shape index (κ1) is 26.1. The van der Waals surface area contributed by atoms with E-state index in [0.29, 0.717) is 6.04 Å². The Balaban J connectivity index is 3.44. The highest BCUT2D eigenvalue weighted by molar-refractivity contribution is 6.82.